The summed E-state index contributed by atoms with van der Waals surface area (Å²) < 4.78 is 6.88. The zero-order valence-electron chi connectivity index (χ0n) is 8.75. The van der Waals surface area contributed by atoms with Crippen molar-refractivity contribution < 1.29 is 9.53 Å². The lowest BCUT2D eigenvalue weighted by Crippen LogP contribution is -2.00. The lowest BCUT2D eigenvalue weighted by molar-refractivity contribution is -0.131. The molecule has 1 aromatic heterocycles. The Morgan fingerprint density at radius 1 is 1.38 bits per heavy atom. The van der Waals surface area contributed by atoms with Crippen molar-refractivity contribution in [2.45, 2.75) is 6.92 Å². The summed E-state index contributed by atoms with van der Waals surface area (Å²) in [4.78, 5) is 10.9. The van der Waals surface area contributed by atoms with E-state index >= 15 is 0 Å². The van der Waals surface area contributed by atoms with Gasteiger partial charge in [-0.3, -0.25) is 4.79 Å². The number of benzene rings is 1. The highest BCUT2D eigenvalue weighted by atomic mass is 35.5. The standard InChI is InChI=1S/C11H9Cl2NO2/c1-6(15)16-10-5-14(2)11-8(10)3-7(12)4-9(11)13/h3-5H,1-2H3. The van der Waals surface area contributed by atoms with Gasteiger partial charge in [0.2, 0.25) is 0 Å². The fourth-order valence-electron chi connectivity index (χ4n) is 1.66. The quantitative estimate of drug-likeness (QED) is 0.734. The molecule has 0 aliphatic heterocycles. The molecule has 0 radical (unpaired) electrons. The summed E-state index contributed by atoms with van der Waals surface area (Å²) in [5.74, 6) is 0.0954. The number of esters is 1. The van der Waals surface area contributed by atoms with Crippen LogP contribution >= 0.6 is 23.2 Å². The van der Waals surface area contributed by atoms with Crippen LogP contribution in [-0.2, 0) is 11.8 Å². The summed E-state index contributed by atoms with van der Waals surface area (Å²) >= 11 is 12.0. The second-order valence-electron chi connectivity index (χ2n) is 3.48. The first-order valence-corrected chi connectivity index (χ1v) is 5.37. The maximum Gasteiger partial charge on any atom is 0.308 e. The van der Waals surface area contributed by atoms with Crippen molar-refractivity contribution in [1.82, 2.24) is 4.57 Å². The molecule has 0 bridgehead atoms. The van der Waals surface area contributed by atoms with Crippen molar-refractivity contribution in [2.24, 2.45) is 7.05 Å². The molecule has 0 saturated carbocycles. The van der Waals surface area contributed by atoms with Crippen molar-refractivity contribution in [2.75, 3.05) is 0 Å². The molecule has 84 valence electrons. The van der Waals surface area contributed by atoms with Crippen LogP contribution in [0.15, 0.2) is 18.3 Å². The van der Waals surface area contributed by atoms with Gasteiger partial charge in [-0.15, -0.1) is 0 Å². The number of aromatic nitrogens is 1. The van der Waals surface area contributed by atoms with Gasteiger partial charge in [-0.2, -0.15) is 0 Å². The molecule has 2 aromatic rings. The predicted octanol–water partition coefficient (Wildman–Crippen LogP) is 3.41. The third-order valence-corrected chi connectivity index (χ3v) is 2.72. The van der Waals surface area contributed by atoms with Crippen LogP contribution in [0.5, 0.6) is 5.75 Å². The van der Waals surface area contributed by atoms with Crippen LogP contribution in [0.25, 0.3) is 10.9 Å². The number of aryl methyl sites for hydroxylation is 1. The van der Waals surface area contributed by atoms with Gasteiger partial charge >= 0.3 is 5.97 Å². The predicted molar refractivity (Wildman–Crippen MR) is 64.2 cm³/mol. The number of nitrogens with zero attached hydrogens (tertiary/aromatic N) is 1. The van der Waals surface area contributed by atoms with E-state index in [-0.39, 0.29) is 5.97 Å². The normalized spacial score (nSPS) is 10.8. The number of fused-ring (bicyclic) bond motifs is 1. The van der Waals surface area contributed by atoms with Crippen LogP contribution in [0.1, 0.15) is 6.92 Å². The molecule has 0 amide bonds. The number of ether oxygens (including phenoxy) is 1. The molecule has 0 fully saturated rings. The smallest absolute Gasteiger partial charge is 0.308 e. The Morgan fingerprint density at radius 2 is 2.06 bits per heavy atom. The van der Waals surface area contributed by atoms with E-state index in [9.17, 15) is 4.79 Å². The molecule has 1 heterocycles. The van der Waals surface area contributed by atoms with Crippen molar-refractivity contribution in [3.8, 4) is 5.75 Å². The zero-order chi connectivity index (χ0) is 11.9. The van der Waals surface area contributed by atoms with Gasteiger partial charge in [0.05, 0.1) is 10.5 Å². The molecule has 16 heavy (non-hydrogen) atoms. The molecule has 3 nitrogen and oxygen atoms in total. The van der Waals surface area contributed by atoms with Gasteiger partial charge < -0.3 is 9.30 Å². The number of hydrogen-bond acceptors (Lipinski definition) is 2. The maximum absolute atomic E-state index is 10.9. The first-order chi connectivity index (χ1) is 7.49. The van der Waals surface area contributed by atoms with Crippen molar-refractivity contribution in [3.05, 3.63) is 28.4 Å². The van der Waals surface area contributed by atoms with E-state index in [0.717, 1.165) is 10.9 Å². The number of rotatable bonds is 1. The lowest BCUT2D eigenvalue weighted by atomic mass is 10.2. The molecule has 2 rings (SSSR count). The van der Waals surface area contributed by atoms with Gasteiger partial charge in [-0.1, -0.05) is 23.2 Å². The van der Waals surface area contributed by atoms with E-state index < -0.39 is 0 Å². The molecule has 0 atom stereocenters. The lowest BCUT2D eigenvalue weighted by Gasteiger charge is -2.00. The average Bonchev–Trinajstić information content (AvgIpc) is 2.41. The van der Waals surface area contributed by atoms with Crippen molar-refractivity contribution in [3.63, 3.8) is 0 Å². The van der Waals surface area contributed by atoms with Crippen LogP contribution in [0, 0.1) is 0 Å². The Kier molecular flexibility index (Phi) is 2.82. The Labute approximate surface area is 103 Å². The molecular weight excluding hydrogens is 249 g/mol. The molecule has 0 spiro atoms. The molecule has 0 aliphatic carbocycles. The second kappa shape index (κ2) is 4.00. The van der Waals surface area contributed by atoms with Gasteiger partial charge in [-0.25, -0.2) is 0 Å². The van der Waals surface area contributed by atoms with Gasteiger partial charge in [-0.05, 0) is 12.1 Å². The fraction of sp³-hybridized carbons (Fsp3) is 0.182. The highest BCUT2D eigenvalue weighted by molar-refractivity contribution is 6.38. The summed E-state index contributed by atoms with van der Waals surface area (Å²) in [6.07, 6.45) is 1.70. The first kappa shape index (κ1) is 11.3. The summed E-state index contributed by atoms with van der Waals surface area (Å²) in [6, 6.07) is 3.38. The number of carbonyl (C=O) groups is 1. The average molecular weight is 258 g/mol. The summed E-state index contributed by atoms with van der Waals surface area (Å²) in [5.41, 5.74) is 0.794. The van der Waals surface area contributed by atoms with E-state index in [4.69, 9.17) is 27.9 Å². The van der Waals surface area contributed by atoms with E-state index in [1.54, 1.807) is 22.9 Å². The van der Waals surface area contributed by atoms with E-state index in [2.05, 4.69) is 0 Å². The first-order valence-electron chi connectivity index (χ1n) is 4.61. The Balaban J connectivity index is 2.72. The highest BCUT2D eigenvalue weighted by Gasteiger charge is 2.13. The Hall–Kier alpha value is -1.19. The maximum atomic E-state index is 10.9. The van der Waals surface area contributed by atoms with Gasteiger partial charge in [0, 0.05) is 30.6 Å². The minimum Gasteiger partial charge on any atom is -0.424 e. The Morgan fingerprint density at radius 3 is 2.69 bits per heavy atom. The van der Waals surface area contributed by atoms with Gasteiger partial charge in [0.15, 0.2) is 5.75 Å². The molecule has 0 saturated heterocycles. The summed E-state index contributed by atoms with van der Waals surface area (Å²) in [5, 5.41) is 1.77. The summed E-state index contributed by atoms with van der Waals surface area (Å²) in [7, 11) is 1.83. The van der Waals surface area contributed by atoms with Crippen LogP contribution in [0.4, 0.5) is 0 Å². The highest BCUT2D eigenvalue weighted by Crippen LogP contribution is 2.35. The molecular formula is C11H9Cl2NO2. The van der Waals surface area contributed by atoms with Gasteiger partial charge in [0.25, 0.3) is 0 Å². The van der Waals surface area contributed by atoms with Crippen LogP contribution in [0.2, 0.25) is 10.0 Å². The fourth-order valence-corrected chi connectivity index (χ4v) is 2.29. The SMILES string of the molecule is CC(=O)Oc1cn(C)c2c(Cl)cc(Cl)cc12. The zero-order valence-corrected chi connectivity index (χ0v) is 10.3. The minimum absolute atomic E-state index is 0.372. The van der Waals surface area contributed by atoms with Crippen LogP contribution < -0.4 is 4.74 Å². The van der Waals surface area contributed by atoms with Crippen LogP contribution in [-0.4, -0.2) is 10.5 Å². The van der Waals surface area contributed by atoms with Crippen LogP contribution in [0.3, 0.4) is 0 Å². The number of hydrogen-bond donors (Lipinski definition) is 0. The third-order valence-electron chi connectivity index (χ3n) is 2.21. The number of carbonyl (C=O) groups excluding carboxylic acids is 1. The molecule has 0 N–H and O–H groups in total. The van der Waals surface area contributed by atoms with Crippen molar-refractivity contribution in [1.29, 1.82) is 0 Å². The topological polar surface area (TPSA) is 31.2 Å². The molecule has 0 unspecified atom stereocenters. The Bertz CT molecular complexity index is 575. The van der Waals surface area contributed by atoms with Gasteiger partial charge in [0.1, 0.15) is 0 Å². The van der Waals surface area contributed by atoms with E-state index in [0.29, 0.717) is 15.8 Å². The molecule has 1 aromatic carbocycles. The van der Waals surface area contributed by atoms with Crippen molar-refractivity contribution >= 4 is 40.1 Å². The third kappa shape index (κ3) is 1.88. The summed E-state index contributed by atoms with van der Waals surface area (Å²) in [6.45, 7) is 1.35. The largest absolute Gasteiger partial charge is 0.424 e. The minimum atomic E-state index is -0.372. The monoisotopic (exact) mass is 257 g/mol. The molecule has 5 heteroatoms. The van der Waals surface area contributed by atoms with E-state index in [1.165, 1.54) is 6.92 Å². The second-order valence-corrected chi connectivity index (χ2v) is 4.33. The van der Waals surface area contributed by atoms with E-state index in [1.807, 2.05) is 7.05 Å². The molecule has 0 aliphatic rings. The number of halogens is 2.